The van der Waals surface area contributed by atoms with Gasteiger partial charge in [-0.3, -0.25) is 4.98 Å². The lowest BCUT2D eigenvalue weighted by molar-refractivity contribution is 0.744. The molecule has 0 atom stereocenters. The topological polar surface area (TPSA) is 24.9 Å². The summed E-state index contributed by atoms with van der Waals surface area (Å²) in [6, 6.07) is 25.4. The Balaban J connectivity index is 0.00000192. The first-order valence-electron chi connectivity index (χ1n) is 7.67. The number of anilines is 1. The van der Waals surface area contributed by atoms with Crippen molar-refractivity contribution in [3.63, 3.8) is 0 Å². The van der Waals surface area contributed by atoms with E-state index in [1.165, 1.54) is 11.1 Å². The van der Waals surface area contributed by atoms with E-state index >= 15 is 0 Å². The van der Waals surface area contributed by atoms with Gasteiger partial charge in [0, 0.05) is 30.5 Å². The molecule has 0 bridgehead atoms. The van der Waals surface area contributed by atoms with E-state index in [2.05, 4.69) is 71.0 Å². The molecule has 118 valence electrons. The second kappa shape index (κ2) is 8.96. The Morgan fingerprint density at radius 3 is 1.78 bits per heavy atom. The fourth-order valence-corrected chi connectivity index (χ4v) is 2.73. The molecule has 3 aromatic rings. The maximum absolute atomic E-state index is 4.04. The van der Waals surface area contributed by atoms with Crippen molar-refractivity contribution in [2.75, 3.05) is 11.9 Å². The highest BCUT2D eigenvalue weighted by molar-refractivity contribution is 5.85. The van der Waals surface area contributed by atoms with E-state index in [-0.39, 0.29) is 12.4 Å². The minimum Gasteiger partial charge on any atom is -0.385 e. The fourth-order valence-electron chi connectivity index (χ4n) is 2.73. The number of benzene rings is 2. The molecule has 0 aliphatic heterocycles. The van der Waals surface area contributed by atoms with Gasteiger partial charge in [0.25, 0.3) is 0 Å². The first-order valence-corrected chi connectivity index (χ1v) is 7.67. The van der Waals surface area contributed by atoms with Gasteiger partial charge in [0.1, 0.15) is 0 Å². The summed E-state index contributed by atoms with van der Waals surface area (Å²) in [6.45, 7) is 0.929. The van der Waals surface area contributed by atoms with Crippen molar-refractivity contribution < 1.29 is 0 Å². The largest absolute Gasteiger partial charge is 0.385 e. The van der Waals surface area contributed by atoms with Crippen LogP contribution in [0.1, 0.15) is 23.5 Å². The van der Waals surface area contributed by atoms with E-state index in [1.807, 2.05) is 24.5 Å². The minimum atomic E-state index is 0. The zero-order valence-electron chi connectivity index (χ0n) is 12.9. The van der Waals surface area contributed by atoms with Crippen LogP contribution in [-0.4, -0.2) is 11.5 Å². The molecule has 0 spiro atoms. The smallest absolute Gasteiger partial charge is 0.0371 e. The molecule has 1 N–H and O–H groups in total. The Morgan fingerprint density at radius 2 is 1.26 bits per heavy atom. The molecular weight excluding hydrogens is 304 g/mol. The zero-order chi connectivity index (χ0) is 15.0. The Morgan fingerprint density at radius 1 is 0.739 bits per heavy atom. The van der Waals surface area contributed by atoms with Gasteiger partial charge in [-0.15, -0.1) is 12.4 Å². The highest BCUT2D eigenvalue weighted by atomic mass is 35.5. The van der Waals surface area contributed by atoms with E-state index in [4.69, 9.17) is 0 Å². The van der Waals surface area contributed by atoms with Crippen LogP contribution in [0.4, 0.5) is 5.69 Å². The summed E-state index contributed by atoms with van der Waals surface area (Å²) >= 11 is 0. The van der Waals surface area contributed by atoms with Crippen LogP contribution >= 0.6 is 12.4 Å². The van der Waals surface area contributed by atoms with Crippen molar-refractivity contribution >= 4 is 18.1 Å². The van der Waals surface area contributed by atoms with E-state index in [1.54, 1.807) is 0 Å². The SMILES string of the molecule is Cl.c1ccc(C(CCNc2ccncc2)c2ccccc2)cc1. The molecular formula is C20H21ClN2. The Hall–Kier alpha value is -2.32. The van der Waals surface area contributed by atoms with E-state index < -0.39 is 0 Å². The summed E-state index contributed by atoms with van der Waals surface area (Å²) in [7, 11) is 0. The number of nitrogens with zero attached hydrogens (tertiary/aromatic N) is 1. The number of halogens is 1. The quantitative estimate of drug-likeness (QED) is 0.679. The number of aromatic nitrogens is 1. The van der Waals surface area contributed by atoms with Crippen LogP contribution in [0, 0.1) is 0 Å². The van der Waals surface area contributed by atoms with Gasteiger partial charge in [-0.05, 0) is 29.7 Å². The first-order chi connectivity index (χ1) is 10.9. The van der Waals surface area contributed by atoms with E-state index in [9.17, 15) is 0 Å². The molecule has 0 saturated heterocycles. The van der Waals surface area contributed by atoms with Crippen LogP contribution in [-0.2, 0) is 0 Å². The summed E-state index contributed by atoms with van der Waals surface area (Å²) in [5.41, 5.74) is 3.85. The number of rotatable bonds is 6. The van der Waals surface area contributed by atoms with Gasteiger partial charge >= 0.3 is 0 Å². The van der Waals surface area contributed by atoms with Crippen LogP contribution in [0.25, 0.3) is 0 Å². The summed E-state index contributed by atoms with van der Waals surface area (Å²) in [4.78, 5) is 4.04. The average Bonchev–Trinajstić information content (AvgIpc) is 2.61. The predicted molar refractivity (Wildman–Crippen MR) is 99.3 cm³/mol. The number of hydrogen-bond acceptors (Lipinski definition) is 2. The molecule has 2 nitrogen and oxygen atoms in total. The Kier molecular flexibility index (Phi) is 6.64. The van der Waals surface area contributed by atoms with Crippen molar-refractivity contribution in [2.45, 2.75) is 12.3 Å². The predicted octanol–water partition coefficient (Wildman–Crippen LogP) is 5.14. The fraction of sp³-hybridized carbons (Fsp3) is 0.150. The third-order valence-corrected chi connectivity index (χ3v) is 3.85. The van der Waals surface area contributed by atoms with Crippen LogP contribution in [0.3, 0.4) is 0 Å². The van der Waals surface area contributed by atoms with Crippen LogP contribution in [0.15, 0.2) is 85.2 Å². The second-order valence-electron chi connectivity index (χ2n) is 5.33. The normalized spacial score (nSPS) is 10.1. The summed E-state index contributed by atoms with van der Waals surface area (Å²) in [6.07, 6.45) is 4.68. The number of pyridine rings is 1. The van der Waals surface area contributed by atoms with Crippen LogP contribution in [0.5, 0.6) is 0 Å². The molecule has 2 aromatic carbocycles. The van der Waals surface area contributed by atoms with Crippen LogP contribution < -0.4 is 5.32 Å². The molecule has 0 saturated carbocycles. The lowest BCUT2D eigenvalue weighted by Gasteiger charge is -2.18. The molecule has 0 fully saturated rings. The van der Waals surface area contributed by atoms with Gasteiger partial charge in [0.05, 0.1) is 0 Å². The maximum atomic E-state index is 4.04. The molecule has 23 heavy (non-hydrogen) atoms. The monoisotopic (exact) mass is 324 g/mol. The Bertz CT molecular complexity index is 632. The van der Waals surface area contributed by atoms with Gasteiger partial charge in [0.15, 0.2) is 0 Å². The molecule has 3 heteroatoms. The Labute approximate surface area is 144 Å². The maximum Gasteiger partial charge on any atom is 0.0371 e. The van der Waals surface area contributed by atoms with E-state index in [0.717, 1.165) is 18.7 Å². The summed E-state index contributed by atoms with van der Waals surface area (Å²) in [5.74, 6) is 0.414. The second-order valence-corrected chi connectivity index (χ2v) is 5.33. The highest BCUT2D eigenvalue weighted by Crippen LogP contribution is 2.27. The van der Waals surface area contributed by atoms with Gasteiger partial charge in [-0.2, -0.15) is 0 Å². The minimum absolute atomic E-state index is 0. The molecule has 0 radical (unpaired) electrons. The van der Waals surface area contributed by atoms with Crippen molar-refractivity contribution in [1.82, 2.24) is 4.98 Å². The third kappa shape index (κ3) is 4.83. The molecule has 0 unspecified atom stereocenters. The standard InChI is InChI=1S/C20H20N2.ClH/c1-3-7-17(8-4-1)20(18-9-5-2-6-10-18)13-16-22-19-11-14-21-15-12-19;/h1-12,14-15,20H,13,16H2,(H,21,22);1H. The van der Waals surface area contributed by atoms with Crippen molar-refractivity contribution in [2.24, 2.45) is 0 Å². The molecule has 1 heterocycles. The van der Waals surface area contributed by atoms with Crippen molar-refractivity contribution in [1.29, 1.82) is 0 Å². The molecule has 3 rings (SSSR count). The van der Waals surface area contributed by atoms with Crippen molar-refractivity contribution in [3.05, 3.63) is 96.3 Å². The summed E-state index contributed by atoms with van der Waals surface area (Å²) in [5, 5.41) is 3.47. The van der Waals surface area contributed by atoms with Crippen molar-refractivity contribution in [3.8, 4) is 0 Å². The average molecular weight is 325 g/mol. The van der Waals surface area contributed by atoms with Gasteiger partial charge in [-0.25, -0.2) is 0 Å². The van der Waals surface area contributed by atoms with Gasteiger partial charge in [0.2, 0.25) is 0 Å². The van der Waals surface area contributed by atoms with Crippen LogP contribution in [0.2, 0.25) is 0 Å². The number of nitrogens with one attached hydrogen (secondary N) is 1. The molecule has 1 aromatic heterocycles. The van der Waals surface area contributed by atoms with Gasteiger partial charge in [-0.1, -0.05) is 60.7 Å². The molecule has 0 aliphatic carbocycles. The van der Waals surface area contributed by atoms with Gasteiger partial charge < -0.3 is 5.32 Å². The molecule has 0 amide bonds. The first kappa shape index (κ1) is 17.0. The lowest BCUT2D eigenvalue weighted by Crippen LogP contribution is -2.09. The highest BCUT2D eigenvalue weighted by Gasteiger charge is 2.13. The summed E-state index contributed by atoms with van der Waals surface area (Å²) < 4.78 is 0. The number of hydrogen-bond donors (Lipinski definition) is 1. The zero-order valence-corrected chi connectivity index (χ0v) is 13.7. The lowest BCUT2D eigenvalue weighted by atomic mass is 9.88. The molecule has 0 aliphatic rings. The third-order valence-electron chi connectivity index (χ3n) is 3.85. The van der Waals surface area contributed by atoms with E-state index in [0.29, 0.717) is 5.92 Å².